The van der Waals surface area contributed by atoms with E-state index >= 15 is 8.78 Å². The van der Waals surface area contributed by atoms with Gasteiger partial charge in [0.2, 0.25) is 5.88 Å². The molecule has 4 aromatic rings. The fourth-order valence-corrected chi connectivity index (χ4v) is 4.81. The Bertz CT molecular complexity index is 1400. The molecule has 3 aromatic heterocycles. The lowest BCUT2D eigenvalue weighted by molar-refractivity contribution is -0.201. The van der Waals surface area contributed by atoms with Crippen LogP contribution < -0.4 is 4.74 Å². The van der Waals surface area contributed by atoms with Crippen LogP contribution in [0, 0.1) is 0 Å². The number of pyridine rings is 3. The molecule has 0 radical (unpaired) electrons. The fraction of sp³-hybridized carbons (Fsp3) is 0.296. The number of benzene rings is 1. The highest BCUT2D eigenvalue weighted by Crippen LogP contribution is 2.46. The van der Waals surface area contributed by atoms with Gasteiger partial charge in [0, 0.05) is 49.6 Å². The van der Waals surface area contributed by atoms with Crippen LogP contribution in [0.4, 0.5) is 22.0 Å². The Morgan fingerprint density at radius 2 is 1.79 bits per heavy atom. The lowest BCUT2D eigenvalue weighted by atomic mass is 9.86. The highest BCUT2D eigenvalue weighted by atomic mass is 35.5. The number of rotatable bonds is 6. The molecular weight excluding hydrogens is 527 g/mol. The monoisotopic (exact) mass is 548 g/mol. The van der Waals surface area contributed by atoms with Crippen LogP contribution in [0.5, 0.6) is 5.88 Å². The van der Waals surface area contributed by atoms with Crippen molar-refractivity contribution in [2.24, 2.45) is 0 Å². The maximum absolute atomic E-state index is 15.0. The van der Waals surface area contributed by atoms with E-state index in [1.165, 1.54) is 36.8 Å². The minimum Gasteiger partial charge on any atom is -0.473 e. The number of fused-ring (bicyclic) bond motifs is 1. The van der Waals surface area contributed by atoms with Gasteiger partial charge in [-0.2, -0.15) is 13.2 Å². The third-order valence-electron chi connectivity index (χ3n) is 6.56. The summed E-state index contributed by atoms with van der Waals surface area (Å²) in [5.41, 5.74) is 1.01. The fourth-order valence-electron chi connectivity index (χ4n) is 4.65. The number of hydrogen-bond acceptors (Lipinski definition) is 5. The average molecular weight is 549 g/mol. The largest absolute Gasteiger partial charge is 0.473 e. The van der Waals surface area contributed by atoms with Crippen molar-refractivity contribution in [2.45, 2.75) is 37.1 Å². The van der Waals surface area contributed by atoms with Crippen molar-refractivity contribution in [1.82, 2.24) is 19.9 Å². The Labute approximate surface area is 220 Å². The Morgan fingerprint density at radius 1 is 1.00 bits per heavy atom. The number of halogens is 6. The van der Waals surface area contributed by atoms with Crippen LogP contribution in [0.1, 0.15) is 35.2 Å². The van der Waals surface area contributed by atoms with Gasteiger partial charge in [0.15, 0.2) is 0 Å². The SMILES string of the molecule is FC(F)(F)C(c1cc2ncc(Cl)cc2cn1)N1CCC(F)(F)C(c2ccc(OCc3ccccc3)nc2)C1. The predicted octanol–water partition coefficient (Wildman–Crippen LogP) is 6.99. The predicted molar refractivity (Wildman–Crippen MR) is 132 cm³/mol. The molecule has 38 heavy (non-hydrogen) atoms. The Kier molecular flexibility index (Phi) is 7.19. The molecule has 0 saturated carbocycles. The zero-order valence-corrected chi connectivity index (χ0v) is 20.6. The summed E-state index contributed by atoms with van der Waals surface area (Å²) in [6, 6.07) is 12.8. The number of alkyl halides is 5. The Hall–Kier alpha value is -3.37. The van der Waals surface area contributed by atoms with Crippen LogP contribution in [0.3, 0.4) is 0 Å². The number of ether oxygens (including phenoxy) is 1. The van der Waals surface area contributed by atoms with Gasteiger partial charge in [-0.15, -0.1) is 0 Å². The van der Waals surface area contributed by atoms with Crippen LogP contribution >= 0.6 is 11.6 Å². The van der Waals surface area contributed by atoms with Gasteiger partial charge < -0.3 is 4.74 Å². The molecule has 11 heteroatoms. The molecule has 1 aliphatic rings. The first kappa shape index (κ1) is 26.2. The average Bonchev–Trinajstić information content (AvgIpc) is 2.89. The lowest BCUT2D eigenvalue weighted by Gasteiger charge is -2.42. The van der Waals surface area contributed by atoms with E-state index in [2.05, 4.69) is 15.0 Å². The van der Waals surface area contributed by atoms with Gasteiger partial charge in [-0.1, -0.05) is 48.0 Å². The number of piperidine rings is 1. The van der Waals surface area contributed by atoms with E-state index in [1.54, 1.807) is 6.07 Å². The normalized spacial score (nSPS) is 18.8. The second-order valence-electron chi connectivity index (χ2n) is 9.16. The summed E-state index contributed by atoms with van der Waals surface area (Å²) in [6.45, 7) is -0.738. The van der Waals surface area contributed by atoms with Gasteiger partial charge in [0.1, 0.15) is 12.6 Å². The summed E-state index contributed by atoms with van der Waals surface area (Å²) in [6.07, 6.45) is -1.66. The van der Waals surface area contributed by atoms with Gasteiger partial charge >= 0.3 is 6.18 Å². The number of aromatic nitrogens is 3. The zero-order valence-electron chi connectivity index (χ0n) is 19.9. The van der Waals surface area contributed by atoms with E-state index in [0.29, 0.717) is 10.4 Å². The van der Waals surface area contributed by atoms with Crippen LogP contribution in [0.15, 0.2) is 73.2 Å². The van der Waals surface area contributed by atoms with E-state index in [0.717, 1.165) is 10.5 Å². The topological polar surface area (TPSA) is 51.1 Å². The Balaban J connectivity index is 1.38. The number of hydrogen-bond donors (Lipinski definition) is 0. The summed E-state index contributed by atoms with van der Waals surface area (Å²) >= 11 is 5.91. The first-order valence-corrected chi connectivity index (χ1v) is 12.2. The lowest BCUT2D eigenvalue weighted by Crippen LogP contribution is -2.50. The maximum Gasteiger partial charge on any atom is 0.409 e. The van der Waals surface area contributed by atoms with Crippen LogP contribution in [0.25, 0.3) is 10.9 Å². The van der Waals surface area contributed by atoms with Gasteiger partial charge in [-0.25, -0.2) is 13.8 Å². The van der Waals surface area contributed by atoms with E-state index < -0.39 is 43.6 Å². The maximum atomic E-state index is 15.0. The third kappa shape index (κ3) is 5.71. The molecule has 1 aromatic carbocycles. The highest BCUT2D eigenvalue weighted by Gasteiger charge is 2.52. The van der Waals surface area contributed by atoms with Crippen LogP contribution in [0.2, 0.25) is 5.02 Å². The third-order valence-corrected chi connectivity index (χ3v) is 6.77. The van der Waals surface area contributed by atoms with Gasteiger partial charge in [0.25, 0.3) is 5.92 Å². The molecule has 0 amide bonds. The zero-order chi connectivity index (χ0) is 26.9. The van der Waals surface area contributed by atoms with E-state index in [9.17, 15) is 13.2 Å². The Morgan fingerprint density at radius 3 is 2.50 bits per heavy atom. The minimum atomic E-state index is -4.75. The van der Waals surface area contributed by atoms with Gasteiger partial charge in [-0.3, -0.25) is 14.9 Å². The van der Waals surface area contributed by atoms with Crippen molar-refractivity contribution in [1.29, 1.82) is 0 Å². The number of likely N-dealkylation sites (tertiary alicyclic amines) is 1. The molecule has 0 aliphatic carbocycles. The molecular formula is C27H22ClF5N4O. The first-order chi connectivity index (χ1) is 18.1. The molecule has 5 rings (SSSR count). The second-order valence-corrected chi connectivity index (χ2v) is 9.60. The molecule has 2 unspecified atom stereocenters. The van der Waals surface area contributed by atoms with Crippen molar-refractivity contribution in [2.75, 3.05) is 13.1 Å². The van der Waals surface area contributed by atoms with Crippen molar-refractivity contribution >= 4 is 22.5 Å². The first-order valence-electron chi connectivity index (χ1n) is 11.8. The van der Waals surface area contributed by atoms with Crippen molar-refractivity contribution < 1.29 is 26.7 Å². The summed E-state index contributed by atoms with van der Waals surface area (Å²) in [5, 5.41) is 0.802. The second kappa shape index (κ2) is 10.4. The molecule has 4 heterocycles. The summed E-state index contributed by atoms with van der Waals surface area (Å²) in [4.78, 5) is 13.2. The molecule has 5 nitrogen and oxygen atoms in total. The van der Waals surface area contributed by atoms with Crippen molar-refractivity contribution in [3.05, 3.63) is 95.0 Å². The minimum absolute atomic E-state index is 0.135. The smallest absolute Gasteiger partial charge is 0.409 e. The molecule has 198 valence electrons. The summed E-state index contributed by atoms with van der Waals surface area (Å²) in [7, 11) is 0. The van der Waals surface area contributed by atoms with Gasteiger partial charge in [0.05, 0.1) is 22.2 Å². The summed E-state index contributed by atoms with van der Waals surface area (Å²) < 4.78 is 78.6. The van der Waals surface area contributed by atoms with E-state index in [4.69, 9.17) is 16.3 Å². The quantitative estimate of drug-likeness (QED) is 0.243. The summed E-state index contributed by atoms with van der Waals surface area (Å²) in [5.74, 6) is -4.47. The molecule has 0 spiro atoms. The molecule has 0 bridgehead atoms. The molecule has 2 atom stereocenters. The van der Waals surface area contributed by atoms with Gasteiger partial charge in [-0.05, 0) is 23.3 Å². The highest BCUT2D eigenvalue weighted by molar-refractivity contribution is 6.31. The van der Waals surface area contributed by atoms with Crippen LogP contribution in [-0.4, -0.2) is 45.0 Å². The molecule has 1 saturated heterocycles. The van der Waals surface area contributed by atoms with Crippen molar-refractivity contribution in [3.8, 4) is 5.88 Å². The van der Waals surface area contributed by atoms with E-state index in [-0.39, 0.29) is 29.3 Å². The molecule has 1 fully saturated rings. The van der Waals surface area contributed by atoms with E-state index in [1.807, 2.05) is 30.3 Å². The molecule has 1 aliphatic heterocycles. The standard InChI is InChI=1S/C27H22ClF5N4O/c28-20-10-19-13-34-23(11-22(19)35-14-20)25(27(31,32)33)37-9-8-26(29,30)21(15-37)18-6-7-24(36-12-18)38-16-17-4-2-1-3-5-17/h1-7,10-14,21,25H,8-9,15-16H2. The molecule has 0 N–H and O–H groups in total. The number of nitrogens with zero attached hydrogens (tertiary/aromatic N) is 4. The van der Waals surface area contributed by atoms with Crippen molar-refractivity contribution in [3.63, 3.8) is 0 Å². The van der Waals surface area contributed by atoms with Crippen LogP contribution in [-0.2, 0) is 6.61 Å².